The van der Waals surface area contributed by atoms with E-state index in [9.17, 15) is 0 Å². The van der Waals surface area contributed by atoms with Gasteiger partial charge in [0.1, 0.15) is 0 Å². The molecule has 6 heteroatoms. The standard InChI is InChI=1S/C14H21N3O2S/c1-9(2)15-14(20)17-16-10(3)11-6-7-12(18-4)13(8-11)19-5/h6-9H,1-5H3,(H2,15,17,20)/b16-10-. The molecule has 0 aliphatic rings. The summed E-state index contributed by atoms with van der Waals surface area (Å²) in [6.07, 6.45) is 0. The zero-order valence-electron chi connectivity index (χ0n) is 12.5. The second-order valence-corrected chi connectivity index (χ2v) is 4.92. The molecule has 2 N–H and O–H groups in total. The SMILES string of the molecule is COc1ccc(/C(C)=N\NC(=S)NC(C)C)cc1OC. The van der Waals surface area contributed by atoms with Crippen molar-refractivity contribution in [2.45, 2.75) is 26.8 Å². The number of hydrogen-bond acceptors (Lipinski definition) is 4. The van der Waals surface area contributed by atoms with Crippen LogP contribution in [0, 0.1) is 0 Å². The first-order chi connectivity index (χ1) is 9.47. The van der Waals surface area contributed by atoms with Crippen molar-refractivity contribution in [3.63, 3.8) is 0 Å². The molecular weight excluding hydrogens is 274 g/mol. The van der Waals surface area contributed by atoms with E-state index in [2.05, 4.69) is 15.8 Å². The molecule has 0 radical (unpaired) electrons. The molecule has 0 aliphatic carbocycles. The average molecular weight is 295 g/mol. The number of nitrogens with zero attached hydrogens (tertiary/aromatic N) is 1. The number of benzene rings is 1. The van der Waals surface area contributed by atoms with Crippen molar-refractivity contribution in [3.8, 4) is 11.5 Å². The molecule has 0 aromatic heterocycles. The molecule has 0 fully saturated rings. The fourth-order valence-electron chi connectivity index (χ4n) is 1.55. The summed E-state index contributed by atoms with van der Waals surface area (Å²) in [6, 6.07) is 5.91. The van der Waals surface area contributed by atoms with Crippen LogP contribution < -0.4 is 20.2 Å². The van der Waals surface area contributed by atoms with E-state index >= 15 is 0 Å². The van der Waals surface area contributed by atoms with Crippen LogP contribution in [0.3, 0.4) is 0 Å². The Balaban J connectivity index is 2.81. The first-order valence-electron chi connectivity index (χ1n) is 6.31. The highest BCUT2D eigenvalue weighted by molar-refractivity contribution is 7.80. The Labute approximate surface area is 125 Å². The largest absolute Gasteiger partial charge is 0.493 e. The van der Waals surface area contributed by atoms with Crippen molar-refractivity contribution < 1.29 is 9.47 Å². The molecule has 20 heavy (non-hydrogen) atoms. The van der Waals surface area contributed by atoms with Crippen LogP contribution in [-0.4, -0.2) is 31.1 Å². The third-order valence-electron chi connectivity index (χ3n) is 2.55. The third-order valence-corrected chi connectivity index (χ3v) is 2.76. The van der Waals surface area contributed by atoms with Gasteiger partial charge in [-0.3, -0.25) is 5.43 Å². The topological polar surface area (TPSA) is 54.9 Å². The smallest absolute Gasteiger partial charge is 0.187 e. The molecule has 1 aromatic rings. The van der Waals surface area contributed by atoms with Crippen LogP contribution in [0.1, 0.15) is 26.3 Å². The number of rotatable bonds is 5. The van der Waals surface area contributed by atoms with Crippen LogP contribution in [-0.2, 0) is 0 Å². The number of hydrazone groups is 1. The summed E-state index contributed by atoms with van der Waals surface area (Å²) >= 11 is 5.11. The van der Waals surface area contributed by atoms with Crippen molar-refractivity contribution in [1.29, 1.82) is 0 Å². The van der Waals surface area contributed by atoms with Gasteiger partial charge in [0.15, 0.2) is 16.6 Å². The van der Waals surface area contributed by atoms with Crippen molar-refractivity contribution in [2.75, 3.05) is 14.2 Å². The van der Waals surface area contributed by atoms with Crippen LogP contribution in [0.15, 0.2) is 23.3 Å². The molecule has 5 nitrogen and oxygen atoms in total. The average Bonchev–Trinajstić information content (AvgIpc) is 2.43. The van der Waals surface area contributed by atoms with Crippen molar-refractivity contribution in [3.05, 3.63) is 23.8 Å². The molecule has 1 aromatic carbocycles. The molecule has 0 heterocycles. The third kappa shape index (κ3) is 4.70. The molecule has 1 rings (SSSR count). The minimum atomic E-state index is 0.270. The maximum atomic E-state index is 5.27. The van der Waals surface area contributed by atoms with Gasteiger partial charge in [-0.05, 0) is 51.2 Å². The minimum Gasteiger partial charge on any atom is -0.493 e. The van der Waals surface area contributed by atoms with Crippen LogP contribution in [0.4, 0.5) is 0 Å². The highest BCUT2D eigenvalue weighted by Gasteiger charge is 2.06. The van der Waals surface area contributed by atoms with Crippen LogP contribution in [0.5, 0.6) is 11.5 Å². The van der Waals surface area contributed by atoms with Gasteiger partial charge in [0.05, 0.1) is 19.9 Å². The van der Waals surface area contributed by atoms with Gasteiger partial charge in [0.2, 0.25) is 0 Å². The van der Waals surface area contributed by atoms with E-state index in [0.29, 0.717) is 16.6 Å². The summed E-state index contributed by atoms with van der Waals surface area (Å²) in [5, 5.41) is 7.80. The number of ether oxygens (including phenoxy) is 2. The number of methoxy groups -OCH3 is 2. The minimum absolute atomic E-state index is 0.270. The van der Waals surface area contributed by atoms with E-state index in [1.165, 1.54) is 0 Å². The van der Waals surface area contributed by atoms with E-state index in [0.717, 1.165) is 11.3 Å². The van der Waals surface area contributed by atoms with Gasteiger partial charge in [0.25, 0.3) is 0 Å². The summed E-state index contributed by atoms with van der Waals surface area (Å²) in [4.78, 5) is 0. The Morgan fingerprint density at radius 2 is 1.85 bits per heavy atom. The second-order valence-electron chi connectivity index (χ2n) is 4.51. The van der Waals surface area contributed by atoms with Gasteiger partial charge in [-0.1, -0.05) is 0 Å². The van der Waals surface area contributed by atoms with Gasteiger partial charge < -0.3 is 14.8 Å². The van der Waals surface area contributed by atoms with Crippen LogP contribution in [0.25, 0.3) is 0 Å². The first kappa shape index (κ1) is 16.2. The van der Waals surface area contributed by atoms with Crippen molar-refractivity contribution >= 4 is 23.0 Å². The second kappa shape index (κ2) is 7.69. The Bertz CT molecular complexity index is 501. The number of hydrogen-bond donors (Lipinski definition) is 2. The zero-order chi connectivity index (χ0) is 15.1. The van der Waals surface area contributed by atoms with Crippen LogP contribution >= 0.6 is 12.2 Å². The lowest BCUT2D eigenvalue weighted by atomic mass is 10.1. The molecule has 110 valence electrons. The molecule has 0 amide bonds. The lowest BCUT2D eigenvalue weighted by Gasteiger charge is -2.11. The lowest BCUT2D eigenvalue weighted by Crippen LogP contribution is -2.37. The summed E-state index contributed by atoms with van der Waals surface area (Å²) in [5.41, 5.74) is 4.55. The zero-order valence-corrected chi connectivity index (χ0v) is 13.3. The molecule has 0 saturated carbocycles. The van der Waals surface area contributed by atoms with E-state index in [4.69, 9.17) is 21.7 Å². The summed E-state index contributed by atoms with van der Waals surface area (Å²) in [7, 11) is 3.21. The van der Waals surface area contributed by atoms with Crippen LogP contribution in [0.2, 0.25) is 0 Å². The van der Waals surface area contributed by atoms with Gasteiger partial charge in [-0.25, -0.2) is 0 Å². The summed E-state index contributed by atoms with van der Waals surface area (Å²) < 4.78 is 10.5. The Morgan fingerprint density at radius 3 is 2.40 bits per heavy atom. The molecule has 0 saturated heterocycles. The van der Waals surface area contributed by atoms with E-state index in [1.54, 1.807) is 14.2 Å². The molecule has 0 aliphatic heterocycles. The Kier molecular flexibility index (Phi) is 6.24. The summed E-state index contributed by atoms with van der Waals surface area (Å²) in [5.74, 6) is 1.36. The van der Waals surface area contributed by atoms with Crippen molar-refractivity contribution in [2.24, 2.45) is 5.10 Å². The van der Waals surface area contributed by atoms with E-state index in [1.807, 2.05) is 39.0 Å². The normalized spacial score (nSPS) is 11.2. The fraction of sp³-hybridized carbons (Fsp3) is 0.429. The first-order valence-corrected chi connectivity index (χ1v) is 6.72. The highest BCUT2D eigenvalue weighted by atomic mass is 32.1. The van der Waals surface area contributed by atoms with Gasteiger partial charge >= 0.3 is 0 Å². The predicted molar refractivity (Wildman–Crippen MR) is 85.8 cm³/mol. The monoisotopic (exact) mass is 295 g/mol. The summed E-state index contributed by atoms with van der Waals surface area (Å²) in [6.45, 7) is 5.92. The molecule has 0 spiro atoms. The van der Waals surface area contributed by atoms with E-state index < -0.39 is 0 Å². The molecule has 0 bridgehead atoms. The number of thiocarbonyl (C=S) groups is 1. The van der Waals surface area contributed by atoms with Gasteiger partial charge in [-0.15, -0.1) is 0 Å². The predicted octanol–water partition coefficient (Wildman–Crippen LogP) is 2.30. The van der Waals surface area contributed by atoms with E-state index in [-0.39, 0.29) is 6.04 Å². The molecule has 0 atom stereocenters. The van der Waals surface area contributed by atoms with Crippen molar-refractivity contribution in [1.82, 2.24) is 10.7 Å². The maximum absolute atomic E-state index is 5.27. The lowest BCUT2D eigenvalue weighted by molar-refractivity contribution is 0.355. The molecule has 0 unspecified atom stereocenters. The fourth-order valence-corrected chi connectivity index (χ4v) is 1.84. The quantitative estimate of drug-likeness (QED) is 0.496. The maximum Gasteiger partial charge on any atom is 0.187 e. The Morgan fingerprint density at radius 1 is 1.20 bits per heavy atom. The Hall–Kier alpha value is -1.82. The highest BCUT2D eigenvalue weighted by Crippen LogP contribution is 2.27. The van der Waals surface area contributed by atoms with Gasteiger partial charge in [0, 0.05) is 11.6 Å². The molecular formula is C14H21N3O2S. The number of nitrogens with one attached hydrogen (secondary N) is 2. The van der Waals surface area contributed by atoms with Gasteiger partial charge in [-0.2, -0.15) is 5.10 Å².